The smallest absolute Gasteiger partial charge is 0.329 e. The molecule has 0 aliphatic carbocycles. The Balaban J connectivity index is 2.04. The topological polar surface area (TPSA) is 118 Å². The Kier molecular flexibility index (Phi) is 9.21. The van der Waals surface area contributed by atoms with Crippen molar-refractivity contribution >= 4 is 45.6 Å². The maximum Gasteiger partial charge on any atom is 0.329 e. The molecule has 0 spiro atoms. The van der Waals surface area contributed by atoms with Crippen molar-refractivity contribution in [3.8, 4) is 11.5 Å². The molecule has 0 aliphatic heterocycles. The lowest BCUT2D eigenvalue weighted by atomic mass is 10.1. The van der Waals surface area contributed by atoms with Crippen LogP contribution in [0.5, 0.6) is 11.5 Å². The van der Waals surface area contributed by atoms with Crippen molar-refractivity contribution in [3.05, 3.63) is 51.5 Å². The van der Waals surface area contributed by atoms with E-state index in [1.165, 1.54) is 13.3 Å². The summed E-state index contributed by atoms with van der Waals surface area (Å²) in [5.41, 5.74) is 5.50. The van der Waals surface area contributed by atoms with E-state index in [-0.39, 0.29) is 12.5 Å². The standard InChI is InChI=1S/C22H25BrN4O5/c1-5-24-21(29)22(30)27-25-11-15-9-16(23)20(18(10-15)31-4)32-12-19(28)26-17-8-6-7-13(2)14(17)3/h6-11H,5,12H2,1-4H3,(H,24,29)(H,26,28)(H,27,30)/b25-11-. The van der Waals surface area contributed by atoms with Crippen LogP contribution in [0.2, 0.25) is 0 Å². The van der Waals surface area contributed by atoms with E-state index in [0.717, 1.165) is 16.8 Å². The van der Waals surface area contributed by atoms with E-state index >= 15 is 0 Å². The van der Waals surface area contributed by atoms with Gasteiger partial charge in [0.15, 0.2) is 18.1 Å². The fraction of sp³-hybridized carbons (Fsp3) is 0.273. The van der Waals surface area contributed by atoms with Crippen LogP contribution in [0.3, 0.4) is 0 Å². The molecule has 0 bridgehead atoms. The molecule has 0 atom stereocenters. The molecule has 0 heterocycles. The van der Waals surface area contributed by atoms with Crippen LogP contribution in [0.15, 0.2) is 39.9 Å². The summed E-state index contributed by atoms with van der Waals surface area (Å²) in [6.45, 7) is 5.72. The van der Waals surface area contributed by atoms with Crippen molar-refractivity contribution < 1.29 is 23.9 Å². The first-order chi connectivity index (χ1) is 15.3. The molecule has 2 aromatic carbocycles. The van der Waals surface area contributed by atoms with Crippen LogP contribution < -0.4 is 25.5 Å². The van der Waals surface area contributed by atoms with E-state index in [9.17, 15) is 14.4 Å². The number of aryl methyl sites for hydroxylation is 1. The average molecular weight is 505 g/mol. The largest absolute Gasteiger partial charge is 0.493 e. The summed E-state index contributed by atoms with van der Waals surface area (Å²) in [6.07, 6.45) is 1.35. The van der Waals surface area contributed by atoms with Gasteiger partial charge in [-0.25, -0.2) is 5.43 Å². The molecule has 0 fully saturated rings. The second-order valence-electron chi connectivity index (χ2n) is 6.68. The fourth-order valence-electron chi connectivity index (χ4n) is 2.62. The number of hydrogen-bond acceptors (Lipinski definition) is 6. The molecule has 2 aromatic rings. The van der Waals surface area contributed by atoms with Gasteiger partial charge in [0.2, 0.25) is 0 Å². The molecular weight excluding hydrogens is 480 g/mol. The lowest BCUT2D eigenvalue weighted by Gasteiger charge is -2.14. The average Bonchev–Trinajstić information content (AvgIpc) is 2.75. The van der Waals surface area contributed by atoms with Gasteiger partial charge in [0.05, 0.1) is 17.8 Å². The number of hydrogen-bond donors (Lipinski definition) is 3. The monoisotopic (exact) mass is 504 g/mol. The summed E-state index contributed by atoms with van der Waals surface area (Å²) in [5.74, 6) is -1.26. The molecule has 32 heavy (non-hydrogen) atoms. The summed E-state index contributed by atoms with van der Waals surface area (Å²) in [5, 5.41) is 8.96. The van der Waals surface area contributed by atoms with Gasteiger partial charge in [-0.3, -0.25) is 14.4 Å². The van der Waals surface area contributed by atoms with Gasteiger partial charge in [-0.15, -0.1) is 0 Å². The van der Waals surface area contributed by atoms with Gasteiger partial charge in [0, 0.05) is 12.2 Å². The number of ether oxygens (including phenoxy) is 2. The molecule has 170 valence electrons. The predicted molar refractivity (Wildman–Crippen MR) is 125 cm³/mol. The predicted octanol–water partition coefficient (Wildman–Crippen LogP) is 2.68. The maximum atomic E-state index is 12.3. The van der Waals surface area contributed by atoms with Crippen LogP contribution in [-0.2, 0) is 14.4 Å². The zero-order valence-electron chi connectivity index (χ0n) is 18.2. The summed E-state index contributed by atoms with van der Waals surface area (Å²) in [6, 6.07) is 8.96. The van der Waals surface area contributed by atoms with Gasteiger partial charge >= 0.3 is 11.8 Å². The molecular formula is C22H25BrN4O5. The van der Waals surface area contributed by atoms with Crippen molar-refractivity contribution in [1.29, 1.82) is 0 Å². The number of nitrogens with one attached hydrogen (secondary N) is 3. The van der Waals surface area contributed by atoms with Crippen LogP contribution in [0, 0.1) is 13.8 Å². The molecule has 0 unspecified atom stereocenters. The molecule has 0 saturated carbocycles. The minimum atomic E-state index is -0.871. The van der Waals surface area contributed by atoms with E-state index in [1.54, 1.807) is 19.1 Å². The minimum absolute atomic E-state index is 0.224. The zero-order chi connectivity index (χ0) is 23.7. The third-order valence-corrected chi connectivity index (χ3v) is 4.99. The number of amides is 3. The van der Waals surface area contributed by atoms with Gasteiger partial charge in [-0.05, 0) is 71.6 Å². The third-order valence-electron chi connectivity index (χ3n) is 4.40. The highest BCUT2D eigenvalue weighted by Crippen LogP contribution is 2.36. The highest BCUT2D eigenvalue weighted by Gasteiger charge is 2.15. The highest BCUT2D eigenvalue weighted by atomic mass is 79.9. The Bertz CT molecular complexity index is 1040. The van der Waals surface area contributed by atoms with E-state index in [4.69, 9.17) is 9.47 Å². The molecule has 10 heteroatoms. The normalized spacial score (nSPS) is 10.5. The van der Waals surface area contributed by atoms with Crippen LogP contribution >= 0.6 is 15.9 Å². The van der Waals surface area contributed by atoms with E-state index < -0.39 is 11.8 Å². The van der Waals surface area contributed by atoms with Crippen LogP contribution in [-0.4, -0.2) is 44.2 Å². The highest BCUT2D eigenvalue weighted by molar-refractivity contribution is 9.10. The zero-order valence-corrected chi connectivity index (χ0v) is 19.8. The van der Waals surface area contributed by atoms with Crippen LogP contribution in [0.1, 0.15) is 23.6 Å². The number of likely N-dealkylation sites (N-methyl/N-ethyl adjacent to an activating group) is 1. The van der Waals surface area contributed by atoms with Crippen molar-refractivity contribution in [3.63, 3.8) is 0 Å². The molecule has 0 radical (unpaired) electrons. The van der Waals surface area contributed by atoms with E-state index in [2.05, 4.69) is 37.1 Å². The number of rotatable bonds is 8. The molecule has 3 amide bonds. The first kappa shape index (κ1) is 24.9. The number of nitrogens with zero attached hydrogens (tertiary/aromatic N) is 1. The fourth-order valence-corrected chi connectivity index (χ4v) is 3.20. The Morgan fingerprint density at radius 3 is 2.59 bits per heavy atom. The van der Waals surface area contributed by atoms with Gasteiger partial charge in [-0.1, -0.05) is 12.1 Å². The van der Waals surface area contributed by atoms with Crippen LogP contribution in [0.25, 0.3) is 0 Å². The van der Waals surface area contributed by atoms with Gasteiger partial charge in [-0.2, -0.15) is 5.10 Å². The van der Waals surface area contributed by atoms with Gasteiger partial charge in [0.1, 0.15) is 0 Å². The molecule has 3 N–H and O–H groups in total. The molecule has 0 aromatic heterocycles. The molecule has 0 saturated heterocycles. The maximum absolute atomic E-state index is 12.3. The number of hydrazone groups is 1. The number of halogens is 1. The first-order valence-corrected chi connectivity index (χ1v) is 10.5. The summed E-state index contributed by atoms with van der Waals surface area (Å²) in [4.78, 5) is 35.3. The Morgan fingerprint density at radius 2 is 1.91 bits per heavy atom. The SMILES string of the molecule is CCNC(=O)C(=O)N/N=C\c1cc(Br)c(OCC(=O)Nc2cccc(C)c2C)c(OC)c1. The van der Waals surface area contributed by atoms with Crippen molar-refractivity contribution in [2.75, 3.05) is 25.6 Å². The number of carbonyl (C=O) groups excluding carboxylic acids is 3. The summed E-state index contributed by atoms with van der Waals surface area (Å²) >= 11 is 3.39. The van der Waals surface area contributed by atoms with Crippen molar-refractivity contribution in [1.82, 2.24) is 10.7 Å². The van der Waals surface area contributed by atoms with Crippen molar-refractivity contribution in [2.45, 2.75) is 20.8 Å². The summed E-state index contributed by atoms with van der Waals surface area (Å²) < 4.78 is 11.5. The van der Waals surface area contributed by atoms with Gasteiger partial charge in [0.25, 0.3) is 5.91 Å². The van der Waals surface area contributed by atoms with E-state index in [1.807, 2.05) is 32.0 Å². The molecule has 2 rings (SSSR count). The number of benzene rings is 2. The second kappa shape index (κ2) is 11.8. The lowest BCUT2D eigenvalue weighted by molar-refractivity contribution is -0.139. The number of anilines is 1. The first-order valence-electron chi connectivity index (χ1n) is 9.74. The molecule has 0 aliphatic rings. The minimum Gasteiger partial charge on any atom is -0.493 e. The van der Waals surface area contributed by atoms with E-state index in [0.29, 0.717) is 28.1 Å². The molecule has 9 nitrogen and oxygen atoms in total. The Labute approximate surface area is 194 Å². The Hall–Kier alpha value is -3.40. The van der Waals surface area contributed by atoms with Gasteiger partial charge < -0.3 is 20.1 Å². The summed E-state index contributed by atoms with van der Waals surface area (Å²) in [7, 11) is 1.46. The Morgan fingerprint density at radius 1 is 1.16 bits per heavy atom. The lowest BCUT2D eigenvalue weighted by Crippen LogP contribution is -2.37. The van der Waals surface area contributed by atoms with Crippen LogP contribution in [0.4, 0.5) is 5.69 Å². The number of carbonyl (C=O) groups is 3. The second-order valence-corrected chi connectivity index (χ2v) is 7.53. The number of methoxy groups -OCH3 is 1. The quantitative estimate of drug-likeness (QED) is 0.290. The van der Waals surface area contributed by atoms with Crippen molar-refractivity contribution in [2.24, 2.45) is 5.10 Å². The third kappa shape index (κ3) is 6.81.